The second kappa shape index (κ2) is 9.70. The quantitative estimate of drug-likeness (QED) is 0.489. The van der Waals surface area contributed by atoms with Gasteiger partial charge in [0.15, 0.2) is 0 Å². The molecule has 21 heavy (non-hydrogen) atoms. The van der Waals surface area contributed by atoms with Crippen LogP contribution < -0.4 is 16.0 Å². The highest BCUT2D eigenvalue weighted by molar-refractivity contribution is 5.83. The van der Waals surface area contributed by atoms with E-state index in [0.29, 0.717) is 26.3 Å². The molecule has 1 rings (SSSR count). The van der Waals surface area contributed by atoms with E-state index in [2.05, 4.69) is 16.0 Å². The minimum atomic E-state index is -0.466. The van der Waals surface area contributed by atoms with Gasteiger partial charge in [-0.15, -0.1) is 0 Å². The zero-order valence-electron chi connectivity index (χ0n) is 13.0. The largest absolute Gasteiger partial charge is 0.384 e. The number of piperidine rings is 1. The number of hydrogen-bond acceptors (Lipinski definition) is 5. The van der Waals surface area contributed by atoms with Gasteiger partial charge in [-0.2, -0.15) is 0 Å². The van der Waals surface area contributed by atoms with Crippen LogP contribution in [0.1, 0.15) is 19.3 Å². The molecule has 1 fully saturated rings. The standard InChI is InChI=1S/C14H27N3O4/c1-20-10-9-16-12(18)3-6-17-13(19)14(11-21-2)4-7-15-8-5-14/h15H,3-11H2,1-2H3,(H,16,18)(H,17,19). The fourth-order valence-corrected chi connectivity index (χ4v) is 2.48. The van der Waals surface area contributed by atoms with Crippen LogP contribution in [0, 0.1) is 5.41 Å². The summed E-state index contributed by atoms with van der Waals surface area (Å²) in [6, 6.07) is 0. The Kier molecular flexibility index (Phi) is 8.26. The fraction of sp³-hybridized carbons (Fsp3) is 0.857. The lowest BCUT2D eigenvalue weighted by atomic mass is 9.78. The zero-order valence-corrected chi connectivity index (χ0v) is 13.0. The fourth-order valence-electron chi connectivity index (χ4n) is 2.48. The Morgan fingerprint density at radius 2 is 1.81 bits per heavy atom. The summed E-state index contributed by atoms with van der Waals surface area (Å²) in [7, 11) is 3.20. The number of methoxy groups -OCH3 is 2. The van der Waals surface area contributed by atoms with Gasteiger partial charge >= 0.3 is 0 Å². The van der Waals surface area contributed by atoms with E-state index in [1.807, 2.05) is 0 Å². The van der Waals surface area contributed by atoms with Crippen molar-refractivity contribution in [2.45, 2.75) is 19.3 Å². The summed E-state index contributed by atoms with van der Waals surface area (Å²) >= 11 is 0. The van der Waals surface area contributed by atoms with Crippen LogP contribution in [0.4, 0.5) is 0 Å². The van der Waals surface area contributed by atoms with Crippen molar-refractivity contribution in [1.29, 1.82) is 0 Å². The van der Waals surface area contributed by atoms with Gasteiger partial charge in [-0.25, -0.2) is 0 Å². The SMILES string of the molecule is COCCNC(=O)CCNC(=O)C1(COC)CCNCC1. The topological polar surface area (TPSA) is 88.7 Å². The number of hydrogen-bond donors (Lipinski definition) is 3. The van der Waals surface area contributed by atoms with Gasteiger partial charge in [-0.3, -0.25) is 9.59 Å². The lowest BCUT2D eigenvalue weighted by molar-refractivity contribution is -0.136. The van der Waals surface area contributed by atoms with Gasteiger partial charge in [-0.05, 0) is 25.9 Å². The molecule has 122 valence electrons. The molecule has 0 atom stereocenters. The van der Waals surface area contributed by atoms with Crippen molar-refractivity contribution >= 4 is 11.8 Å². The summed E-state index contributed by atoms with van der Waals surface area (Å²) in [5.74, 6) is -0.103. The third-order valence-corrected chi connectivity index (χ3v) is 3.73. The number of nitrogens with one attached hydrogen (secondary N) is 3. The predicted octanol–water partition coefficient (Wildman–Crippen LogP) is -0.728. The van der Waals surface area contributed by atoms with E-state index >= 15 is 0 Å². The molecule has 3 N–H and O–H groups in total. The van der Waals surface area contributed by atoms with Crippen molar-refractivity contribution in [3.63, 3.8) is 0 Å². The van der Waals surface area contributed by atoms with Crippen LogP contribution in [0.25, 0.3) is 0 Å². The van der Waals surface area contributed by atoms with E-state index in [-0.39, 0.29) is 18.2 Å². The lowest BCUT2D eigenvalue weighted by Crippen LogP contribution is -2.50. The molecule has 2 amide bonds. The van der Waals surface area contributed by atoms with Gasteiger partial charge in [0.2, 0.25) is 11.8 Å². The average molecular weight is 301 g/mol. The summed E-state index contributed by atoms with van der Waals surface area (Å²) in [6.45, 7) is 3.37. The first kappa shape index (κ1) is 17.9. The molecule has 0 radical (unpaired) electrons. The van der Waals surface area contributed by atoms with E-state index in [9.17, 15) is 9.59 Å². The molecule has 0 unspecified atom stereocenters. The first-order chi connectivity index (χ1) is 10.1. The molecule has 0 spiro atoms. The van der Waals surface area contributed by atoms with Crippen LogP contribution in [0.3, 0.4) is 0 Å². The molecule has 0 aliphatic carbocycles. The highest BCUT2D eigenvalue weighted by Crippen LogP contribution is 2.29. The summed E-state index contributed by atoms with van der Waals surface area (Å²) in [4.78, 5) is 23.9. The Morgan fingerprint density at radius 1 is 1.10 bits per heavy atom. The van der Waals surface area contributed by atoms with Gasteiger partial charge in [0.1, 0.15) is 0 Å². The number of carbonyl (C=O) groups is 2. The highest BCUT2D eigenvalue weighted by Gasteiger charge is 2.39. The summed E-state index contributed by atoms with van der Waals surface area (Å²) < 4.78 is 10.1. The van der Waals surface area contributed by atoms with Gasteiger partial charge < -0.3 is 25.4 Å². The van der Waals surface area contributed by atoms with Crippen molar-refractivity contribution in [2.75, 3.05) is 53.6 Å². The molecule has 0 aromatic carbocycles. The second-order valence-electron chi connectivity index (χ2n) is 5.31. The smallest absolute Gasteiger partial charge is 0.228 e. The van der Waals surface area contributed by atoms with Crippen LogP contribution in [-0.2, 0) is 19.1 Å². The summed E-state index contributed by atoms with van der Waals surface area (Å²) in [5, 5.41) is 8.83. The van der Waals surface area contributed by atoms with Gasteiger partial charge in [0.25, 0.3) is 0 Å². The molecule has 7 nitrogen and oxygen atoms in total. The molecule has 7 heteroatoms. The molecule has 0 bridgehead atoms. The Labute approximate surface area is 126 Å². The van der Waals surface area contributed by atoms with E-state index in [1.165, 1.54) is 0 Å². The predicted molar refractivity (Wildman–Crippen MR) is 78.9 cm³/mol. The zero-order chi connectivity index (χ0) is 15.6. The Bertz CT molecular complexity index is 325. The van der Waals surface area contributed by atoms with Gasteiger partial charge in [-0.1, -0.05) is 0 Å². The normalized spacial score (nSPS) is 17.2. The van der Waals surface area contributed by atoms with E-state index < -0.39 is 5.41 Å². The Morgan fingerprint density at radius 3 is 2.43 bits per heavy atom. The van der Waals surface area contributed by atoms with Crippen LogP contribution in [0.2, 0.25) is 0 Å². The van der Waals surface area contributed by atoms with Crippen molar-refractivity contribution in [2.24, 2.45) is 5.41 Å². The molecular weight excluding hydrogens is 274 g/mol. The third-order valence-electron chi connectivity index (χ3n) is 3.73. The first-order valence-corrected chi connectivity index (χ1v) is 7.38. The number of ether oxygens (including phenoxy) is 2. The first-order valence-electron chi connectivity index (χ1n) is 7.38. The molecular formula is C14H27N3O4. The minimum Gasteiger partial charge on any atom is -0.384 e. The monoisotopic (exact) mass is 301 g/mol. The van der Waals surface area contributed by atoms with Crippen LogP contribution >= 0.6 is 0 Å². The van der Waals surface area contributed by atoms with Crippen molar-refractivity contribution in [3.05, 3.63) is 0 Å². The summed E-state index contributed by atoms with van der Waals surface area (Å²) in [5.41, 5.74) is -0.466. The molecule has 0 saturated carbocycles. The summed E-state index contributed by atoms with van der Waals surface area (Å²) in [6.07, 6.45) is 1.79. The number of rotatable bonds is 9. The van der Waals surface area contributed by atoms with Gasteiger partial charge in [0.05, 0.1) is 18.6 Å². The lowest BCUT2D eigenvalue weighted by Gasteiger charge is -2.35. The van der Waals surface area contributed by atoms with Crippen LogP contribution in [0.15, 0.2) is 0 Å². The molecule has 1 aliphatic rings. The maximum Gasteiger partial charge on any atom is 0.228 e. The van der Waals surface area contributed by atoms with E-state index in [4.69, 9.17) is 9.47 Å². The van der Waals surface area contributed by atoms with Gasteiger partial charge in [0, 0.05) is 33.7 Å². The molecule has 1 saturated heterocycles. The van der Waals surface area contributed by atoms with Crippen molar-refractivity contribution in [1.82, 2.24) is 16.0 Å². The Hall–Kier alpha value is -1.18. The minimum absolute atomic E-state index is 0.0180. The number of amides is 2. The number of carbonyl (C=O) groups excluding carboxylic acids is 2. The van der Waals surface area contributed by atoms with E-state index in [1.54, 1.807) is 14.2 Å². The molecule has 0 aromatic rings. The second-order valence-corrected chi connectivity index (χ2v) is 5.31. The van der Waals surface area contributed by atoms with E-state index in [0.717, 1.165) is 25.9 Å². The van der Waals surface area contributed by atoms with Crippen LogP contribution in [0.5, 0.6) is 0 Å². The molecule has 0 aromatic heterocycles. The Balaban J connectivity index is 2.32. The maximum atomic E-state index is 12.4. The highest BCUT2D eigenvalue weighted by atomic mass is 16.5. The maximum absolute atomic E-state index is 12.4. The third kappa shape index (κ3) is 5.99. The van der Waals surface area contributed by atoms with Crippen molar-refractivity contribution in [3.8, 4) is 0 Å². The molecule has 1 aliphatic heterocycles. The van der Waals surface area contributed by atoms with Crippen LogP contribution in [-0.4, -0.2) is 65.4 Å². The average Bonchev–Trinajstić information content (AvgIpc) is 2.48. The van der Waals surface area contributed by atoms with Crippen molar-refractivity contribution < 1.29 is 19.1 Å². The molecule has 1 heterocycles.